The van der Waals surface area contributed by atoms with Crippen LogP contribution in [0, 0.1) is 0 Å². The van der Waals surface area contributed by atoms with Crippen molar-refractivity contribution in [2.24, 2.45) is 0 Å². The van der Waals surface area contributed by atoms with Gasteiger partial charge >= 0.3 is 5.97 Å². The molecule has 4 aromatic rings. The lowest BCUT2D eigenvalue weighted by atomic mass is 10.1. The van der Waals surface area contributed by atoms with Crippen molar-refractivity contribution in [2.45, 2.75) is 41.1 Å². The van der Waals surface area contributed by atoms with E-state index in [0.29, 0.717) is 16.7 Å². The van der Waals surface area contributed by atoms with E-state index in [1.807, 2.05) is 0 Å². The molecule has 4 aromatic carbocycles. The van der Waals surface area contributed by atoms with Gasteiger partial charge in [-0.1, -0.05) is 60.7 Å². The van der Waals surface area contributed by atoms with Gasteiger partial charge < -0.3 is 9.47 Å². The first-order valence-corrected chi connectivity index (χ1v) is 20.4. The van der Waals surface area contributed by atoms with Crippen LogP contribution in [-0.4, -0.2) is 63.0 Å². The first kappa shape index (κ1) is 41.4. The summed E-state index contributed by atoms with van der Waals surface area (Å²) in [4.78, 5) is 12.1. The summed E-state index contributed by atoms with van der Waals surface area (Å²) in [6.07, 6.45) is 0. The molecule has 276 valence electrons. The highest BCUT2D eigenvalue weighted by molar-refractivity contribution is 7.87. The molecule has 51 heavy (non-hydrogen) atoms. The quantitative estimate of drug-likeness (QED) is 0.0989. The Morgan fingerprint density at radius 1 is 0.529 bits per heavy atom. The molecule has 0 radical (unpaired) electrons. The molecule has 0 saturated heterocycles. The van der Waals surface area contributed by atoms with Crippen LogP contribution in [0.4, 0.5) is 0 Å². The van der Waals surface area contributed by atoms with E-state index in [1.54, 1.807) is 42.5 Å². The van der Waals surface area contributed by atoms with E-state index in [4.69, 9.17) is 18.6 Å². The Bertz CT molecular complexity index is 2270. The molecule has 0 aliphatic rings. The fourth-order valence-electron chi connectivity index (χ4n) is 4.31. The van der Waals surface area contributed by atoms with Crippen LogP contribution in [0.5, 0.6) is 0 Å². The van der Waals surface area contributed by atoms with Gasteiger partial charge in [0, 0.05) is 0 Å². The Hall–Kier alpha value is -4.05. The molecule has 2 N–H and O–H groups in total. The Morgan fingerprint density at radius 3 is 1.39 bits per heavy atom. The third kappa shape index (κ3) is 14.2. The van der Waals surface area contributed by atoms with Crippen LogP contribution >= 0.6 is 0 Å². The van der Waals surface area contributed by atoms with Gasteiger partial charge in [-0.2, -0.15) is 33.7 Å². The number of benzene rings is 4. The van der Waals surface area contributed by atoms with Crippen molar-refractivity contribution in [1.82, 2.24) is 0 Å². The maximum atomic E-state index is 12.1. The summed E-state index contributed by atoms with van der Waals surface area (Å²) in [5.74, 6) is -1.80. The minimum atomic E-state index is -4.22. The highest BCUT2D eigenvalue weighted by atomic mass is 32.2. The largest absolute Gasteiger partial charge is 0.457 e. The van der Waals surface area contributed by atoms with Crippen molar-refractivity contribution in [3.8, 4) is 0 Å². The van der Waals surface area contributed by atoms with Crippen molar-refractivity contribution in [3.63, 3.8) is 0 Å². The molecule has 0 bridgehead atoms. The molecule has 0 heterocycles. The molecule has 19 heteroatoms. The highest BCUT2D eigenvalue weighted by Gasteiger charge is 2.16. The number of rotatable bonds is 15. The Labute approximate surface area is 296 Å². The minimum absolute atomic E-state index is 0.0475. The normalized spacial score (nSPS) is 12.1. The summed E-state index contributed by atoms with van der Waals surface area (Å²) >= 11 is 0. The average Bonchev–Trinajstić information content (AvgIpc) is 3.06. The summed E-state index contributed by atoms with van der Waals surface area (Å²) in [6.45, 7) is 0.199. The van der Waals surface area contributed by atoms with E-state index in [-0.39, 0.29) is 40.7 Å². The number of carbonyl (C=O) groups excluding carboxylic acids is 1. The fourth-order valence-corrected chi connectivity index (χ4v) is 6.98. The first-order valence-electron chi connectivity index (χ1n) is 14.4. The third-order valence-electron chi connectivity index (χ3n) is 6.57. The molecule has 0 saturated carbocycles. The van der Waals surface area contributed by atoms with Gasteiger partial charge in [0.1, 0.15) is 18.1 Å². The molecule has 0 unspecified atom stereocenters. The van der Waals surface area contributed by atoms with Crippen molar-refractivity contribution in [1.29, 1.82) is 0 Å². The van der Waals surface area contributed by atoms with Crippen LogP contribution in [-0.2, 0) is 89.6 Å². The number of ether oxygens (including phenoxy) is 2. The first-order chi connectivity index (χ1) is 23.8. The molecule has 4 rings (SSSR count). The molecular formula is C32H34O15S4. The lowest BCUT2D eigenvalue weighted by molar-refractivity contribution is 0.0472. The van der Waals surface area contributed by atoms with Crippen LogP contribution in [0.1, 0.15) is 38.2 Å². The maximum Gasteiger partial charge on any atom is 0.338 e. The monoisotopic (exact) mass is 786 g/mol. The van der Waals surface area contributed by atoms with Gasteiger partial charge in [0.2, 0.25) is 0 Å². The summed E-state index contributed by atoms with van der Waals surface area (Å²) in [5, 5.41) is 0. The van der Waals surface area contributed by atoms with E-state index in [0.717, 1.165) is 19.8 Å². The second-order valence-electron chi connectivity index (χ2n) is 10.6. The molecule has 0 amide bonds. The van der Waals surface area contributed by atoms with Crippen LogP contribution in [0.3, 0.4) is 0 Å². The zero-order valence-electron chi connectivity index (χ0n) is 27.1. The predicted molar refractivity (Wildman–Crippen MR) is 182 cm³/mol. The third-order valence-corrected chi connectivity index (χ3v) is 10.5. The number of esters is 1. The SMILES string of the molecule is COS(=O)(=O)c1cccc(COC(=O)c2cccc(CS(=O)(=O)O)c2)c1.COS(=O)(=O)c1cccc(COCc2cccc(CS(=O)(=O)O)c2)c1. The Morgan fingerprint density at radius 2 is 0.922 bits per heavy atom. The van der Waals surface area contributed by atoms with Gasteiger partial charge in [0.05, 0.1) is 42.8 Å². The van der Waals surface area contributed by atoms with Gasteiger partial charge in [-0.15, -0.1) is 0 Å². The molecule has 0 aliphatic heterocycles. The number of hydrogen-bond donors (Lipinski definition) is 2. The molecule has 0 spiro atoms. The highest BCUT2D eigenvalue weighted by Crippen LogP contribution is 2.17. The topological polar surface area (TPSA) is 231 Å². The van der Waals surface area contributed by atoms with E-state index in [1.165, 1.54) is 54.6 Å². The lowest BCUT2D eigenvalue weighted by Gasteiger charge is -2.08. The van der Waals surface area contributed by atoms with E-state index in [2.05, 4.69) is 8.37 Å². The van der Waals surface area contributed by atoms with Crippen LogP contribution in [0.25, 0.3) is 0 Å². The summed E-state index contributed by atoms with van der Waals surface area (Å²) < 4.78 is 128. The number of carbonyl (C=O) groups is 1. The van der Waals surface area contributed by atoms with Crippen LogP contribution in [0.15, 0.2) is 107 Å². The summed E-state index contributed by atoms with van der Waals surface area (Å²) in [7, 11) is -13.8. The van der Waals surface area contributed by atoms with Crippen molar-refractivity contribution < 1.29 is 65.4 Å². The Kier molecular flexibility index (Phi) is 14.5. The lowest BCUT2D eigenvalue weighted by Crippen LogP contribution is -2.08. The van der Waals surface area contributed by atoms with Crippen molar-refractivity contribution >= 4 is 46.4 Å². The molecule has 0 atom stereocenters. The van der Waals surface area contributed by atoms with Crippen molar-refractivity contribution in [3.05, 3.63) is 130 Å². The van der Waals surface area contributed by atoms with E-state index < -0.39 is 57.9 Å². The summed E-state index contributed by atoms with van der Waals surface area (Å²) in [6, 6.07) is 24.2. The second kappa shape index (κ2) is 17.9. The fraction of sp³-hybridized carbons (Fsp3) is 0.219. The smallest absolute Gasteiger partial charge is 0.338 e. The van der Waals surface area contributed by atoms with Crippen LogP contribution < -0.4 is 0 Å². The zero-order valence-corrected chi connectivity index (χ0v) is 30.4. The molecule has 0 aromatic heterocycles. The van der Waals surface area contributed by atoms with Gasteiger partial charge in [-0.3, -0.25) is 17.5 Å². The van der Waals surface area contributed by atoms with Gasteiger partial charge in [0.15, 0.2) is 0 Å². The van der Waals surface area contributed by atoms with Crippen LogP contribution in [0.2, 0.25) is 0 Å². The van der Waals surface area contributed by atoms with Gasteiger partial charge in [0.25, 0.3) is 40.5 Å². The van der Waals surface area contributed by atoms with Crippen molar-refractivity contribution in [2.75, 3.05) is 14.2 Å². The van der Waals surface area contributed by atoms with Gasteiger partial charge in [-0.25, -0.2) is 4.79 Å². The minimum Gasteiger partial charge on any atom is -0.457 e. The molecule has 0 fully saturated rings. The average molecular weight is 787 g/mol. The number of hydrogen-bond acceptors (Lipinski definition) is 13. The molecule has 0 aliphatic carbocycles. The summed E-state index contributed by atoms with van der Waals surface area (Å²) in [5.41, 5.74) is 2.62. The van der Waals surface area contributed by atoms with Gasteiger partial charge in [-0.05, 0) is 64.2 Å². The zero-order chi connectivity index (χ0) is 37.9. The maximum absolute atomic E-state index is 12.1. The Balaban J connectivity index is 0.000000276. The predicted octanol–water partition coefficient (Wildman–Crippen LogP) is 3.89. The van der Waals surface area contributed by atoms with E-state index in [9.17, 15) is 38.5 Å². The van der Waals surface area contributed by atoms with E-state index >= 15 is 0 Å². The second-order valence-corrected chi connectivity index (χ2v) is 16.9. The molecular weight excluding hydrogens is 753 g/mol. The standard InChI is InChI=1S/C16H16O8S2.C16H18O7S2/c1-23-26(21,22)15-7-3-4-12(9-15)10-24-16(17)14-6-2-5-13(8-14)11-25(18,19)20;1-22-25(20,21)16-7-3-5-14(9-16)11-23-10-13-4-2-6-15(8-13)12-24(17,18)19/h2-9H,10-11H2,1H3,(H,18,19,20);2-9H,10-12H2,1H3,(H,17,18,19). The molecule has 15 nitrogen and oxygen atoms in total.